The van der Waals surface area contributed by atoms with Gasteiger partial charge in [-0.05, 0) is 0 Å². The van der Waals surface area contributed by atoms with E-state index in [2.05, 4.69) is 5.73 Å². The number of carbonyl (C=O) groups excluding carboxylic acids is 2. The summed E-state index contributed by atoms with van der Waals surface area (Å²) in [5.41, 5.74) is 4.63. The van der Waals surface area contributed by atoms with Crippen molar-refractivity contribution in [1.82, 2.24) is 5.32 Å². The predicted molar refractivity (Wildman–Crippen MR) is 34.4 cm³/mol. The molecule has 6 heteroatoms. The lowest BCUT2D eigenvalue weighted by Gasteiger charge is -2.04. The minimum absolute atomic E-state index is 0.912. The van der Waals surface area contributed by atoms with Gasteiger partial charge in [-0.3, -0.25) is 14.4 Å². The molecular weight excluding hydrogens is 152 g/mol. The van der Waals surface area contributed by atoms with Crippen LogP contribution in [0.3, 0.4) is 0 Å². The number of aliphatic carboxylic acids is 1. The van der Waals surface area contributed by atoms with Crippen LogP contribution < -0.4 is 11.1 Å². The molecule has 4 N–H and O–H groups in total. The summed E-state index contributed by atoms with van der Waals surface area (Å²) >= 11 is 0. The highest BCUT2D eigenvalue weighted by molar-refractivity contribution is 6.14. The van der Waals surface area contributed by atoms with Gasteiger partial charge in [0.1, 0.15) is 0 Å². The van der Waals surface area contributed by atoms with Crippen molar-refractivity contribution < 1.29 is 19.5 Å². The van der Waals surface area contributed by atoms with Crippen LogP contribution in [-0.2, 0) is 14.4 Å². The van der Waals surface area contributed by atoms with Crippen LogP contribution in [0.5, 0.6) is 0 Å². The van der Waals surface area contributed by atoms with Gasteiger partial charge in [-0.1, -0.05) is 0 Å². The summed E-state index contributed by atoms with van der Waals surface area (Å²) in [4.78, 5) is 31.1. The quantitative estimate of drug-likeness (QED) is 0.411. The van der Waals surface area contributed by atoms with Crippen molar-refractivity contribution >= 4 is 17.8 Å². The van der Waals surface area contributed by atoms with Crippen LogP contribution in [-0.4, -0.2) is 29.9 Å². The molecule has 0 heterocycles. The minimum Gasteiger partial charge on any atom is -0.480 e. The number of carboxylic acids is 1. The maximum atomic E-state index is 10.6. The molecule has 0 saturated carbocycles. The standard InChI is InChI=1S/C5H8N2O4/c1-7-4(9)2(3(6)8)5(10)11/h2H,1H3,(H2,6,8)(H,7,9)(H,10,11). The van der Waals surface area contributed by atoms with Gasteiger partial charge in [-0.2, -0.15) is 0 Å². The number of nitrogens with one attached hydrogen (secondary N) is 1. The van der Waals surface area contributed by atoms with Crippen molar-refractivity contribution in [3.05, 3.63) is 0 Å². The van der Waals surface area contributed by atoms with Crippen LogP contribution in [0.25, 0.3) is 0 Å². The van der Waals surface area contributed by atoms with Crippen LogP contribution in [0.4, 0.5) is 0 Å². The van der Waals surface area contributed by atoms with E-state index in [4.69, 9.17) is 5.11 Å². The number of primary amides is 1. The Morgan fingerprint density at radius 2 is 1.91 bits per heavy atom. The van der Waals surface area contributed by atoms with E-state index < -0.39 is 23.7 Å². The number of hydrogen-bond donors (Lipinski definition) is 3. The van der Waals surface area contributed by atoms with Gasteiger partial charge in [0.2, 0.25) is 17.7 Å². The molecule has 0 radical (unpaired) electrons. The molecule has 0 aliphatic rings. The van der Waals surface area contributed by atoms with E-state index in [1.54, 1.807) is 0 Å². The van der Waals surface area contributed by atoms with Gasteiger partial charge in [0, 0.05) is 7.05 Å². The average Bonchev–Trinajstić information content (AvgIpc) is 1.85. The molecule has 0 saturated heterocycles. The zero-order valence-corrected chi connectivity index (χ0v) is 5.83. The molecule has 1 atom stereocenters. The molecule has 0 bridgehead atoms. The molecule has 11 heavy (non-hydrogen) atoms. The normalized spacial score (nSPS) is 11.7. The number of carbonyl (C=O) groups is 3. The van der Waals surface area contributed by atoms with E-state index in [0.717, 1.165) is 0 Å². The molecule has 0 aliphatic heterocycles. The summed E-state index contributed by atoms with van der Waals surface area (Å²) in [6.07, 6.45) is 0. The SMILES string of the molecule is CNC(=O)C(C(N)=O)C(=O)O. The van der Waals surface area contributed by atoms with Gasteiger partial charge >= 0.3 is 5.97 Å². The van der Waals surface area contributed by atoms with Gasteiger partial charge in [-0.15, -0.1) is 0 Å². The first-order chi connectivity index (χ1) is 5.00. The van der Waals surface area contributed by atoms with Gasteiger partial charge in [-0.25, -0.2) is 0 Å². The fraction of sp³-hybridized carbons (Fsp3) is 0.400. The third-order valence-electron chi connectivity index (χ3n) is 1.04. The third kappa shape index (κ3) is 2.24. The number of hydrogen-bond acceptors (Lipinski definition) is 3. The fourth-order valence-electron chi connectivity index (χ4n) is 0.507. The van der Waals surface area contributed by atoms with E-state index >= 15 is 0 Å². The summed E-state index contributed by atoms with van der Waals surface area (Å²) in [5, 5.41) is 10.3. The summed E-state index contributed by atoms with van der Waals surface area (Å²) < 4.78 is 0. The molecule has 0 aromatic rings. The van der Waals surface area contributed by atoms with Crippen LogP contribution in [0.15, 0.2) is 0 Å². The third-order valence-corrected chi connectivity index (χ3v) is 1.04. The first-order valence-electron chi connectivity index (χ1n) is 2.74. The fourth-order valence-corrected chi connectivity index (χ4v) is 0.507. The highest BCUT2D eigenvalue weighted by atomic mass is 16.4. The Balaban J connectivity index is 4.47. The molecule has 2 amide bonds. The van der Waals surface area contributed by atoms with E-state index in [0.29, 0.717) is 0 Å². The second-order valence-electron chi connectivity index (χ2n) is 1.79. The largest absolute Gasteiger partial charge is 0.480 e. The molecule has 0 aliphatic carbocycles. The molecule has 1 unspecified atom stereocenters. The van der Waals surface area contributed by atoms with E-state index in [1.807, 2.05) is 5.32 Å². The maximum absolute atomic E-state index is 10.6. The Morgan fingerprint density at radius 1 is 1.45 bits per heavy atom. The zero-order valence-electron chi connectivity index (χ0n) is 5.83. The number of carboxylic acid groups (broad SMARTS) is 1. The van der Waals surface area contributed by atoms with Gasteiger partial charge in [0.15, 0.2) is 0 Å². The summed E-state index contributed by atoms with van der Waals surface area (Å²) in [6, 6.07) is 0. The highest BCUT2D eigenvalue weighted by Gasteiger charge is 2.30. The van der Waals surface area contributed by atoms with Crippen LogP contribution in [0.2, 0.25) is 0 Å². The Bertz CT molecular complexity index is 187. The molecule has 0 rings (SSSR count). The van der Waals surface area contributed by atoms with E-state index in [1.165, 1.54) is 7.05 Å². The minimum atomic E-state index is -1.79. The van der Waals surface area contributed by atoms with Crippen LogP contribution >= 0.6 is 0 Å². The molecular formula is C5H8N2O4. The average molecular weight is 160 g/mol. The Hall–Kier alpha value is -1.59. The number of nitrogens with two attached hydrogens (primary N) is 1. The van der Waals surface area contributed by atoms with Crippen molar-refractivity contribution in [3.8, 4) is 0 Å². The van der Waals surface area contributed by atoms with E-state index in [9.17, 15) is 14.4 Å². The second-order valence-corrected chi connectivity index (χ2v) is 1.79. The summed E-state index contributed by atoms with van der Waals surface area (Å²) in [5.74, 6) is -5.42. The Kier molecular flexibility index (Phi) is 3.03. The molecule has 6 nitrogen and oxygen atoms in total. The van der Waals surface area contributed by atoms with E-state index in [-0.39, 0.29) is 0 Å². The van der Waals surface area contributed by atoms with Crippen molar-refractivity contribution in [1.29, 1.82) is 0 Å². The van der Waals surface area contributed by atoms with Gasteiger partial charge in [0.05, 0.1) is 0 Å². The Labute approximate surface area is 62.4 Å². The molecule has 62 valence electrons. The van der Waals surface area contributed by atoms with Crippen LogP contribution in [0, 0.1) is 5.92 Å². The van der Waals surface area contributed by atoms with Crippen molar-refractivity contribution in [2.24, 2.45) is 11.7 Å². The smallest absolute Gasteiger partial charge is 0.325 e. The monoisotopic (exact) mass is 160 g/mol. The van der Waals surface area contributed by atoms with Crippen molar-refractivity contribution in [2.75, 3.05) is 7.05 Å². The van der Waals surface area contributed by atoms with Crippen LogP contribution in [0.1, 0.15) is 0 Å². The molecule has 0 aromatic carbocycles. The topological polar surface area (TPSA) is 109 Å². The molecule has 0 aromatic heterocycles. The summed E-state index contributed by atoms with van der Waals surface area (Å²) in [7, 11) is 1.22. The number of rotatable bonds is 3. The maximum Gasteiger partial charge on any atom is 0.325 e. The first kappa shape index (κ1) is 9.41. The second kappa shape index (κ2) is 3.55. The lowest BCUT2D eigenvalue weighted by molar-refractivity contribution is -0.150. The molecule has 0 spiro atoms. The van der Waals surface area contributed by atoms with Crippen molar-refractivity contribution in [2.45, 2.75) is 0 Å². The Morgan fingerprint density at radius 3 is 2.00 bits per heavy atom. The zero-order chi connectivity index (χ0) is 9.02. The first-order valence-corrected chi connectivity index (χ1v) is 2.74. The molecule has 0 fully saturated rings. The van der Waals surface area contributed by atoms with Gasteiger partial charge < -0.3 is 16.2 Å². The lowest BCUT2D eigenvalue weighted by atomic mass is 10.1. The van der Waals surface area contributed by atoms with Crippen molar-refractivity contribution in [3.63, 3.8) is 0 Å². The lowest BCUT2D eigenvalue weighted by Crippen LogP contribution is -2.41. The number of amides is 2. The highest BCUT2D eigenvalue weighted by Crippen LogP contribution is 1.94. The predicted octanol–water partition coefficient (Wildman–Crippen LogP) is -2.08. The summed E-state index contributed by atoms with van der Waals surface area (Å²) in [6.45, 7) is 0. The van der Waals surface area contributed by atoms with Gasteiger partial charge in [0.25, 0.3) is 0 Å².